The van der Waals surface area contributed by atoms with Gasteiger partial charge in [-0.2, -0.15) is 0 Å². The van der Waals surface area contributed by atoms with Gasteiger partial charge in [-0.3, -0.25) is 0 Å². The molecule has 0 aliphatic carbocycles. The topological polar surface area (TPSA) is 35.6 Å². The van der Waals surface area contributed by atoms with Gasteiger partial charge in [0.15, 0.2) is 0 Å². The van der Waals surface area contributed by atoms with Crippen molar-refractivity contribution < 1.29 is 4.79 Å². The molecule has 4 nitrogen and oxygen atoms in total. The van der Waals surface area contributed by atoms with E-state index < -0.39 is 0 Å². The molecule has 118 valence electrons. The summed E-state index contributed by atoms with van der Waals surface area (Å²) in [5, 5.41) is 2.93. The predicted octanol–water partition coefficient (Wildman–Crippen LogP) is 3.68. The fourth-order valence-corrected chi connectivity index (χ4v) is 3.16. The molecule has 2 rings (SSSR count). The van der Waals surface area contributed by atoms with E-state index >= 15 is 0 Å². The average molecular weight is 338 g/mol. The summed E-state index contributed by atoms with van der Waals surface area (Å²) in [6.45, 7) is 1.92. The number of amides is 2. The lowest BCUT2D eigenvalue weighted by atomic mass is 10.3. The quantitative estimate of drug-likeness (QED) is 0.872. The van der Waals surface area contributed by atoms with Crippen LogP contribution in [0.2, 0.25) is 4.34 Å². The van der Waals surface area contributed by atoms with Gasteiger partial charge in [0.05, 0.1) is 10.9 Å². The number of halogens is 1. The first-order valence-electron chi connectivity index (χ1n) is 7.05. The highest BCUT2D eigenvalue weighted by Gasteiger charge is 2.10. The highest BCUT2D eigenvalue weighted by molar-refractivity contribution is 7.16. The van der Waals surface area contributed by atoms with Crippen LogP contribution >= 0.6 is 22.9 Å². The number of likely N-dealkylation sites (N-methyl/N-ethyl adjacent to an activating group) is 1. The summed E-state index contributed by atoms with van der Waals surface area (Å²) in [4.78, 5) is 16.9. The summed E-state index contributed by atoms with van der Waals surface area (Å²) in [5.41, 5.74) is 1.14. The van der Waals surface area contributed by atoms with Crippen LogP contribution < -0.4 is 10.2 Å². The maximum atomic E-state index is 12.0. The Labute approximate surface area is 140 Å². The molecule has 6 heteroatoms. The zero-order valence-electron chi connectivity index (χ0n) is 12.8. The van der Waals surface area contributed by atoms with Crippen molar-refractivity contribution in [1.29, 1.82) is 0 Å². The smallest absolute Gasteiger partial charge is 0.317 e. The third kappa shape index (κ3) is 4.93. The molecule has 0 radical (unpaired) electrons. The standard InChI is InChI=1S/C16H20ClN3OS/c1-19(13-6-4-3-5-7-13)11-10-18-16(21)20(2)12-14-8-9-15(17)22-14/h3-9H,10-12H2,1-2H3,(H,18,21). The normalized spacial score (nSPS) is 10.3. The monoisotopic (exact) mass is 337 g/mol. The molecule has 0 aliphatic rings. The Morgan fingerprint density at radius 1 is 1.18 bits per heavy atom. The van der Waals surface area contributed by atoms with Crippen LogP contribution in [0.1, 0.15) is 4.88 Å². The third-order valence-electron chi connectivity index (χ3n) is 3.29. The Morgan fingerprint density at radius 2 is 1.91 bits per heavy atom. The molecule has 1 aromatic heterocycles. The molecule has 1 N–H and O–H groups in total. The van der Waals surface area contributed by atoms with E-state index in [1.54, 1.807) is 11.9 Å². The number of carbonyl (C=O) groups is 1. The van der Waals surface area contributed by atoms with Crippen molar-refractivity contribution in [2.24, 2.45) is 0 Å². The Morgan fingerprint density at radius 3 is 2.55 bits per heavy atom. The van der Waals surface area contributed by atoms with Gasteiger partial charge in [-0.05, 0) is 24.3 Å². The van der Waals surface area contributed by atoms with Crippen LogP contribution in [-0.4, -0.2) is 38.1 Å². The fourth-order valence-electron chi connectivity index (χ4n) is 2.02. The first kappa shape index (κ1) is 16.6. The van der Waals surface area contributed by atoms with Crippen LogP contribution in [0.15, 0.2) is 42.5 Å². The first-order chi connectivity index (χ1) is 10.6. The Kier molecular flexibility index (Phi) is 6.10. The molecular weight excluding hydrogens is 318 g/mol. The van der Waals surface area contributed by atoms with Crippen LogP contribution in [-0.2, 0) is 6.54 Å². The van der Waals surface area contributed by atoms with Crippen molar-refractivity contribution in [3.63, 3.8) is 0 Å². The number of nitrogens with one attached hydrogen (secondary N) is 1. The lowest BCUT2D eigenvalue weighted by molar-refractivity contribution is 0.207. The maximum Gasteiger partial charge on any atom is 0.317 e. The van der Waals surface area contributed by atoms with Crippen LogP contribution in [0.3, 0.4) is 0 Å². The van der Waals surface area contributed by atoms with Crippen molar-refractivity contribution in [2.45, 2.75) is 6.54 Å². The second-order valence-corrected chi connectivity index (χ2v) is 6.85. The number of para-hydroxylation sites is 1. The Bertz CT molecular complexity index is 602. The van der Waals surface area contributed by atoms with Gasteiger partial charge in [0.2, 0.25) is 0 Å². The van der Waals surface area contributed by atoms with Gasteiger partial charge in [0.1, 0.15) is 0 Å². The van der Waals surface area contributed by atoms with Crippen molar-refractivity contribution in [1.82, 2.24) is 10.2 Å². The minimum absolute atomic E-state index is 0.0778. The number of hydrogen-bond donors (Lipinski definition) is 1. The number of urea groups is 1. The Hall–Kier alpha value is -1.72. The summed E-state index contributed by atoms with van der Waals surface area (Å²) >= 11 is 7.39. The molecule has 0 saturated heterocycles. The van der Waals surface area contributed by atoms with Crippen LogP contribution in [0, 0.1) is 0 Å². The molecule has 1 aromatic carbocycles. The second kappa shape index (κ2) is 8.06. The van der Waals surface area contributed by atoms with E-state index in [0.717, 1.165) is 21.4 Å². The number of rotatable bonds is 6. The van der Waals surface area contributed by atoms with Gasteiger partial charge >= 0.3 is 6.03 Å². The molecule has 0 fully saturated rings. The van der Waals surface area contributed by atoms with Crippen LogP contribution in [0.5, 0.6) is 0 Å². The number of benzene rings is 1. The van der Waals surface area contributed by atoms with Crippen molar-refractivity contribution in [3.8, 4) is 0 Å². The number of anilines is 1. The van der Waals surface area contributed by atoms with Gasteiger partial charge in [0.25, 0.3) is 0 Å². The second-order valence-electron chi connectivity index (χ2n) is 5.05. The zero-order valence-corrected chi connectivity index (χ0v) is 14.3. The predicted molar refractivity (Wildman–Crippen MR) is 93.9 cm³/mol. The first-order valence-corrected chi connectivity index (χ1v) is 8.25. The molecule has 1 heterocycles. The van der Waals surface area contributed by atoms with E-state index in [0.29, 0.717) is 13.1 Å². The summed E-state index contributed by atoms with van der Waals surface area (Å²) in [6, 6.07) is 13.8. The summed E-state index contributed by atoms with van der Waals surface area (Å²) < 4.78 is 0.744. The van der Waals surface area contributed by atoms with E-state index in [1.165, 1.54) is 11.3 Å². The molecule has 22 heavy (non-hydrogen) atoms. The highest BCUT2D eigenvalue weighted by atomic mass is 35.5. The molecule has 0 bridgehead atoms. The Balaban J connectivity index is 1.73. The SMILES string of the molecule is CN(Cc1ccc(Cl)s1)C(=O)NCCN(C)c1ccccc1. The van der Waals surface area contributed by atoms with Crippen LogP contribution in [0.25, 0.3) is 0 Å². The average Bonchev–Trinajstić information content (AvgIpc) is 2.93. The lowest BCUT2D eigenvalue weighted by Gasteiger charge is -2.21. The molecular formula is C16H20ClN3OS. The molecule has 0 aliphatic heterocycles. The molecule has 0 spiro atoms. The van der Waals surface area contributed by atoms with Crippen molar-refractivity contribution in [2.75, 3.05) is 32.1 Å². The minimum Gasteiger partial charge on any atom is -0.373 e. The summed E-state index contributed by atoms with van der Waals surface area (Å²) in [6.07, 6.45) is 0. The van der Waals surface area contributed by atoms with Gasteiger partial charge in [-0.25, -0.2) is 4.79 Å². The fraction of sp³-hybridized carbons (Fsp3) is 0.312. The number of carbonyl (C=O) groups excluding carboxylic acids is 1. The molecule has 0 saturated carbocycles. The molecule has 0 atom stereocenters. The zero-order chi connectivity index (χ0) is 15.9. The van der Waals surface area contributed by atoms with E-state index in [4.69, 9.17) is 11.6 Å². The number of hydrogen-bond acceptors (Lipinski definition) is 3. The lowest BCUT2D eigenvalue weighted by Crippen LogP contribution is -2.40. The molecule has 2 amide bonds. The van der Waals surface area contributed by atoms with Gasteiger partial charge in [-0.15, -0.1) is 11.3 Å². The number of nitrogens with zero attached hydrogens (tertiary/aromatic N) is 2. The van der Waals surface area contributed by atoms with E-state index in [-0.39, 0.29) is 6.03 Å². The number of thiophene rings is 1. The summed E-state index contributed by atoms with van der Waals surface area (Å²) in [7, 11) is 3.79. The van der Waals surface area contributed by atoms with E-state index in [1.807, 2.05) is 37.4 Å². The summed E-state index contributed by atoms with van der Waals surface area (Å²) in [5.74, 6) is 0. The third-order valence-corrected chi connectivity index (χ3v) is 4.50. The van der Waals surface area contributed by atoms with E-state index in [2.05, 4.69) is 22.3 Å². The van der Waals surface area contributed by atoms with Gasteiger partial charge < -0.3 is 15.1 Å². The molecule has 0 unspecified atom stereocenters. The molecule has 2 aromatic rings. The van der Waals surface area contributed by atoms with E-state index in [9.17, 15) is 4.79 Å². The van der Waals surface area contributed by atoms with Crippen LogP contribution in [0.4, 0.5) is 10.5 Å². The van der Waals surface area contributed by atoms with Gasteiger partial charge in [0, 0.05) is 37.7 Å². The van der Waals surface area contributed by atoms with Crippen molar-refractivity contribution >= 4 is 34.7 Å². The highest BCUT2D eigenvalue weighted by Crippen LogP contribution is 2.22. The minimum atomic E-state index is -0.0778. The maximum absolute atomic E-state index is 12.0. The van der Waals surface area contributed by atoms with Crippen molar-refractivity contribution in [3.05, 3.63) is 51.7 Å². The largest absolute Gasteiger partial charge is 0.373 e. The van der Waals surface area contributed by atoms with Gasteiger partial charge in [-0.1, -0.05) is 29.8 Å².